The summed E-state index contributed by atoms with van der Waals surface area (Å²) in [7, 11) is 0. The highest BCUT2D eigenvalue weighted by molar-refractivity contribution is 6.05. The largest absolute Gasteiger partial charge is 0.368 e. The summed E-state index contributed by atoms with van der Waals surface area (Å²) in [4.78, 5) is 57.4. The van der Waals surface area contributed by atoms with Crippen LogP contribution < -0.4 is 20.9 Å². The van der Waals surface area contributed by atoms with E-state index in [1.54, 1.807) is 11.0 Å². The minimum Gasteiger partial charge on any atom is -0.368 e. The number of hydrogen-bond acceptors (Lipinski definition) is 9. The molecule has 4 saturated heterocycles. The quantitative estimate of drug-likeness (QED) is 0.483. The van der Waals surface area contributed by atoms with Crippen molar-refractivity contribution in [3.05, 3.63) is 47.2 Å². The first-order chi connectivity index (χ1) is 20.3. The minimum absolute atomic E-state index is 0.128. The molecule has 6 heterocycles. The second-order valence-corrected chi connectivity index (χ2v) is 12.3. The number of imide groups is 1. The van der Waals surface area contributed by atoms with E-state index in [9.17, 15) is 19.2 Å². The van der Waals surface area contributed by atoms with Crippen LogP contribution in [0, 0.1) is 5.92 Å². The summed E-state index contributed by atoms with van der Waals surface area (Å²) >= 11 is 0. The van der Waals surface area contributed by atoms with Crippen molar-refractivity contribution in [2.24, 2.45) is 11.7 Å². The predicted molar refractivity (Wildman–Crippen MR) is 154 cm³/mol. The van der Waals surface area contributed by atoms with Gasteiger partial charge < -0.3 is 20.4 Å². The van der Waals surface area contributed by atoms with Crippen molar-refractivity contribution in [3.8, 4) is 0 Å². The molecule has 5 aliphatic rings. The molecule has 5 aliphatic heterocycles. The molecule has 0 radical (unpaired) electrons. The first-order valence-corrected chi connectivity index (χ1v) is 15.0. The number of nitrogens with two attached hydrogens (primary N) is 1. The summed E-state index contributed by atoms with van der Waals surface area (Å²) in [6.45, 7) is 5.31. The number of piperazine rings is 1. The normalized spacial score (nSPS) is 26.5. The highest BCUT2D eigenvalue weighted by atomic mass is 16.2. The topological polar surface area (TPSA) is 145 Å². The number of nitrogens with zero attached hydrogens (tertiary/aromatic N) is 6. The van der Waals surface area contributed by atoms with Gasteiger partial charge in [-0.1, -0.05) is 0 Å². The summed E-state index contributed by atoms with van der Waals surface area (Å²) in [6, 6.07) is 10.00. The third kappa shape index (κ3) is 4.87. The molecule has 7 rings (SSSR count). The summed E-state index contributed by atoms with van der Waals surface area (Å²) in [5, 5.41) is 10.5. The molecule has 0 saturated carbocycles. The number of hydrogen-bond donors (Lipinski definition) is 2. The van der Waals surface area contributed by atoms with Gasteiger partial charge in [-0.05, 0) is 73.9 Å². The van der Waals surface area contributed by atoms with Crippen LogP contribution in [0.5, 0.6) is 0 Å². The Morgan fingerprint density at radius 2 is 1.69 bits per heavy atom. The van der Waals surface area contributed by atoms with Gasteiger partial charge >= 0.3 is 0 Å². The van der Waals surface area contributed by atoms with Gasteiger partial charge in [0.2, 0.25) is 11.8 Å². The Morgan fingerprint density at radius 3 is 2.36 bits per heavy atom. The number of nitrogens with one attached hydrogen (secondary N) is 1. The fraction of sp³-hybridized carbons (Fsp3) is 0.533. The van der Waals surface area contributed by atoms with Crippen molar-refractivity contribution in [2.45, 2.75) is 63.2 Å². The Hall–Kier alpha value is -4.06. The van der Waals surface area contributed by atoms with Gasteiger partial charge in [0.15, 0.2) is 11.5 Å². The second kappa shape index (κ2) is 10.6. The molecule has 1 aromatic carbocycles. The Morgan fingerprint density at radius 1 is 0.929 bits per heavy atom. The lowest BCUT2D eigenvalue weighted by Crippen LogP contribution is -2.55. The van der Waals surface area contributed by atoms with Gasteiger partial charge in [-0.2, -0.15) is 0 Å². The third-order valence-electron chi connectivity index (χ3n) is 9.82. The standard InChI is InChI=1S/C30H36N8O4/c31-28(40)24-5-7-26(34-33-24)35-11-9-18(10-12-35)14-37-21-1-2-22(37)17-36(16-21)20-3-4-23-19(13-20)15-38(30(23)42)25-6-8-27(39)32-29(25)41/h3-5,7,13,18,21-22,25H,1-2,6,8-12,14-17H2,(H2,31,40)(H,32,39,41). The number of carbonyl (C=O) groups is 4. The predicted octanol–water partition coefficient (Wildman–Crippen LogP) is 0.906. The summed E-state index contributed by atoms with van der Waals surface area (Å²) in [5.41, 5.74) is 8.23. The molecule has 2 aromatic rings. The summed E-state index contributed by atoms with van der Waals surface area (Å²) in [6.07, 6.45) is 5.24. The van der Waals surface area contributed by atoms with Crippen molar-refractivity contribution in [3.63, 3.8) is 0 Å². The number of aromatic nitrogens is 2. The SMILES string of the molecule is NC(=O)c1ccc(N2CCC(CN3C4CCC3CN(c3ccc5c(c3)CN(C3CCC(=O)NC3=O)C5=O)C4)CC2)nn1. The molecule has 220 valence electrons. The number of rotatable bonds is 6. The van der Waals surface area contributed by atoms with E-state index in [1.807, 2.05) is 18.2 Å². The van der Waals surface area contributed by atoms with Gasteiger partial charge in [0.25, 0.3) is 11.8 Å². The average molecular weight is 573 g/mol. The molecule has 3 atom stereocenters. The van der Waals surface area contributed by atoms with Crippen molar-refractivity contribution in [1.29, 1.82) is 0 Å². The molecule has 4 fully saturated rings. The number of anilines is 2. The van der Waals surface area contributed by atoms with Gasteiger partial charge in [0.05, 0.1) is 0 Å². The monoisotopic (exact) mass is 572 g/mol. The Bertz CT molecular complexity index is 1410. The molecule has 12 nitrogen and oxygen atoms in total. The van der Waals surface area contributed by atoms with Gasteiger partial charge in [-0.15, -0.1) is 10.2 Å². The number of amides is 4. The Kier molecular flexibility index (Phi) is 6.80. The van der Waals surface area contributed by atoms with E-state index in [2.05, 4.69) is 36.3 Å². The molecular formula is C30H36N8O4. The molecule has 4 amide bonds. The van der Waals surface area contributed by atoms with E-state index in [4.69, 9.17) is 5.73 Å². The lowest BCUT2D eigenvalue weighted by Gasteiger charge is -2.44. The van der Waals surface area contributed by atoms with Crippen molar-refractivity contribution in [2.75, 3.05) is 42.5 Å². The highest BCUT2D eigenvalue weighted by Gasteiger charge is 2.42. The molecule has 0 aliphatic carbocycles. The van der Waals surface area contributed by atoms with Crippen LogP contribution in [0.3, 0.4) is 0 Å². The molecule has 12 heteroatoms. The first-order valence-electron chi connectivity index (χ1n) is 15.0. The summed E-state index contributed by atoms with van der Waals surface area (Å²) in [5.74, 6) is 0.0900. The van der Waals surface area contributed by atoms with Gasteiger partial charge in [0.1, 0.15) is 6.04 Å². The molecule has 42 heavy (non-hydrogen) atoms. The van der Waals surface area contributed by atoms with E-state index in [-0.39, 0.29) is 29.8 Å². The van der Waals surface area contributed by atoms with Crippen LogP contribution >= 0.6 is 0 Å². The third-order valence-corrected chi connectivity index (χ3v) is 9.82. The maximum Gasteiger partial charge on any atom is 0.269 e. The maximum absolute atomic E-state index is 13.1. The van der Waals surface area contributed by atoms with Crippen LogP contribution in [0.15, 0.2) is 30.3 Å². The minimum atomic E-state index is -0.590. The van der Waals surface area contributed by atoms with Crippen LogP contribution in [0.2, 0.25) is 0 Å². The van der Waals surface area contributed by atoms with Gasteiger partial charge in [-0.3, -0.25) is 29.4 Å². The molecule has 3 unspecified atom stereocenters. The Labute approximate surface area is 244 Å². The lowest BCUT2D eigenvalue weighted by molar-refractivity contribution is -0.136. The average Bonchev–Trinajstić information content (AvgIpc) is 3.42. The van der Waals surface area contributed by atoms with Crippen LogP contribution in [0.25, 0.3) is 0 Å². The molecule has 0 spiro atoms. The molecular weight excluding hydrogens is 536 g/mol. The highest BCUT2D eigenvalue weighted by Crippen LogP contribution is 2.37. The fourth-order valence-electron chi connectivity index (χ4n) is 7.52. The maximum atomic E-state index is 13.1. The van der Waals surface area contributed by atoms with Crippen molar-refractivity contribution < 1.29 is 19.2 Å². The zero-order chi connectivity index (χ0) is 29.0. The van der Waals surface area contributed by atoms with Crippen molar-refractivity contribution in [1.82, 2.24) is 25.3 Å². The van der Waals surface area contributed by atoms with E-state index >= 15 is 0 Å². The van der Waals surface area contributed by atoms with Crippen LogP contribution in [-0.4, -0.2) is 94.5 Å². The summed E-state index contributed by atoms with van der Waals surface area (Å²) < 4.78 is 0. The number of piperidine rings is 2. The first kappa shape index (κ1) is 26.8. The second-order valence-electron chi connectivity index (χ2n) is 12.3. The molecule has 1 aromatic heterocycles. The lowest BCUT2D eigenvalue weighted by atomic mass is 9.95. The van der Waals surface area contributed by atoms with Crippen molar-refractivity contribution >= 4 is 35.1 Å². The number of carbonyl (C=O) groups excluding carboxylic acids is 4. The molecule has 3 N–H and O–H groups in total. The van der Waals surface area contributed by atoms with Crippen LogP contribution in [0.1, 0.15) is 64.9 Å². The van der Waals surface area contributed by atoms with Gasteiger partial charge in [0, 0.05) is 69.0 Å². The number of benzene rings is 1. The van der Waals surface area contributed by atoms with E-state index < -0.39 is 11.9 Å². The van der Waals surface area contributed by atoms with E-state index in [0.29, 0.717) is 36.5 Å². The van der Waals surface area contributed by atoms with Crippen LogP contribution in [-0.2, 0) is 16.1 Å². The molecule has 2 bridgehead atoms. The number of primary amides is 1. The van der Waals surface area contributed by atoms with Crippen LogP contribution in [0.4, 0.5) is 11.5 Å². The zero-order valence-corrected chi connectivity index (χ0v) is 23.6. The Balaban J connectivity index is 0.953. The van der Waals surface area contributed by atoms with Gasteiger partial charge in [-0.25, -0.2) is 0 Å². The zero-order valence-electron chi connectivity index (χ0n) is 23.6. The van der Waals surface area contributed by atoms with E-state index in [0.717, 1.165) is 62.6 Å². The van der Waals surface area contributed by atoms with E-state index in [1.165, 1.54) is 12.8 Å². The number of fused-ring (bicyclic) bond motifs is 3. The fourth-order valence-corrected chi connectivity index (χ4v) is 7.52. The smallest absolute Gasteiger partial charge is 0.269 e.